The van der Waals surface area contributed by atoms with Gasteiger partial charge in [0.05, 0.1) is 6.10 Å². The fourth-order valence-corrected chi connectivity index (χ4v) is 2.56. The Labute approximate surface area is 114 Å². The van der Waals surface area contributed by atoms with Gasteiger partial charge in [-0.1, -0.05) is 0 Å². The highest BCUT2D eigenvalue weighted by Crippen LogP contribution is 2.19. The van der Waals surface area contributed by atoms with Crippen molar-refractivity contribution in [3.05, 3.63) is 29.3 Å². The van der Waals surface area contributed by atoms with Gasteiger partial charge in [-0.05, 0) is 50.5 Å². The zero-order chi connectivity index (χ0) is 13.8. The second kappa shape index (κ2) is 6.06. The topological polar surface area (TPSA) is 55.6 Å². The van der Waals surface area contributed by atoms with Crippen LogP contribution in [-0.4, -0.2) is 36.6 Å². The number of benzene rings is 1. The Balaban J connectivity index is 2.01. The van der Waals surface area contributed by atoms with Crippen molar-refractivity contribution in [1.29, 1.82) is 0 Å². The van der Waals surface area contributed by atoms with Gasteiger partial charge < -0.3 is 15.4 Å². The molecule has 4 heteroatoms. The minimum Gasteiger partial charge on any atom is -0.399 e. The summed E-state index contributed by atoms with van der Waals surface area (Å²) in [7, 11) is 0. The summed E-state index contributed by atoms with van der Waals surface area (Å²) in [4.78, 5) is 14.4. The van der Waals surface area contributed by atoms with E-state index in [0.29, 0.717) is 11.8 Å². The lowest BCUT2D eigenvalue weighted by atomic mass is 10.0. The molecule has 1 saturated heterocycles. The van der Waals surface area contributed by atoms with Gasteiger partial charge in [-0.15, -0.1) is 0 Å². The summed E-state index contributed by atoms with van der Waals surface area (Å²) < 4.78 is 5.60. The minimum absolute atomic E-state index is 0.104. The largest absolute Gasteiger partial charge is 0.399 e. The van der Waals surface area contributed by atoms with Crippen LogP contribution in [-0.2, 0) is 4.74 Å². The first-order chi connectivity index (χ1) is 9.11. The Bertz CT molecular complexity index is 451. The average molecular weight is 262 g/mol. The van der Waals surface area contributed by atoms with E-state index in [9.17, 15) is 4.79 Å². The van der Waals surface area contributed by atoms with E-state index in [2.05, 4.69) is 0 Å². The second-order valence-electron chi connectivity index (χ2n) is 5.02. The molecule has 1 aromatic rings. The molecule has 19 heavy (non-hydrogen) atoms. The number of hydrogen-bond acceptors (Lipinski definition) is 3. The SMILES string of the molecule is CCOC1CCN(C(=O)c2ccc(N)cc2C)CC1. The predicted octanol–water partition coefficient (Wildman–Crippen LogP) is 2.22. The van der Waals surface area contributed by atoms with E-state index >= 15 is 0 Å². The van der Waals surface area contributed by atoms with Crippen LogP contribution in [0.25, 0.3) is 0 Å². The molecule has 0 aromatic heterocycles. The van der Waals surface area contributed by atoms with Crippen LogP contribution < -0.4 is 5.73 Å². The number of carbonyl (C=O) groups excluding carboxylic acids is 1. The highest BCUT2D eigenvalue weighted by atomic mass is 16.5. The predicted molar refractivity (Wildman–Crippen MR) is 76.1 cm³/mol. The maximum absolute atomic E-state index is 12.4. The molecule has 0 radical (unpaired) electrons. The number of rotatable bonds is 3. The van der Waals surface area contributed by atoms with Gasteiger partial charge in [0.15, 0.2) is 0 Å². The van der Waals surface area contributed by atoms with Gasteiger partial charge in [0, 0.05) is 30.9 Å². The molecule has 1 aliphatic rings. The Morgan fingerprint density at radius 3 is 2.68 bits per heavy atom. The number of ether oxygens (including phenoxy) is 1. The lowest BCUT2D eigenvalue weighted by Gasteiger charge is -2.32. The molecule has 104 valence electrons. The molecule has 4 nitrogen and oxygen atoms in total. The Morgan fingerprint density at radius 1 is 1.42 bits per heavy atom. The average Bonchev–Trinajstić information content (AvgIpc) is 2.39. The summed E-state index contributed by atoms with van der Waals surface area (Å²) in [6.45, 7) is 6.22. The standard InChI is InChI=1S/C15H22N2O2/c1-3-19-13-6-8-17(9-7-13)15(18)14-5-4-12(16)10-11(14)2/h4-5,10,13H,3,6-9,16H2,1-2H3. The molecular weight excluding hydrogens is 240 g/mol. The van der Waals surface area contributed by atoms with Crippen molar-refractivity contribution in [3.8, 4) is 0 Å². The van der Waals surface area contributed by atoms with E-state index in [1.165, 1.54) is 0 Å². The van der Waals surface area contributed by atoms with E-state index in [1.807, 2.05) is 30.9 Å². The monoisotopic (exact) mass is 262 g/mol. The Kier molecular flexibility index (Phi) is 4.43. The number of hydrogen-bond donors (Lipinski definition) is 1. The summed E-state index contributed by atoms with van der Waals surface area (Å²) in [6, 6.07) is 5.45. The summed E-state index contributed by atoms with van der Waals surface area (Å²) in [5, 5.41) is 0. The van der Waals surface area contributed by atoms with Gasteiger partial charge in [0.25, 0.3) is 5.91 Å². The third-order valence-corrected chi connectivity index (χ3v) is 3.61. The molecule has 0 saturated carbocycles. The van der Waals surface area contributed by atoms with Crippen LogP contribution in [0.3, 0.4) is 0 Å². The maximum atomic E-state index is 12.4. The molecule has 0 unspecified atom stereocenters. The Hall–Kier alpha value is -1.55. The maximum Gasteiger partial charge on any atom is 0.254 e. The molecule has 1 aliphatic heterocycles. The second-order valence-corrected chi connectivity index (χ2v) is 5.02. The van der Waals surface area contributed by atoms with Crippen molar-refractivity contribution >= 4 is 11.6 Å². The van der Waals surface area contributed by atoms with Crippen molar-refractivity contribution in [3.63, 3.8) is 0 Å². The van der Waals surface area contributed by atoms with Crippen molar-refractivity contribution < 1.29 is 9.53 Å². The van der Waals surface area contributed by atoms with Crippen LogP contribution in [0, 0.1) is 6.92 Å². The molecular formula is C15H22N2O2. The summed E-state index contributed by atoms with van der Waals surface area (Å²) in [5.74, 6) is 0.104. The number of nitrogens with two attached hydrogens (primary N) is 1. The lowest BCUT2D eigenvalue weighted by Crippen LogP contribution is -2.41. The number of likely N-dealkylation sites (tertiary alicyclic amines) is 1. The molecule has 2 rings (SSSR count). The molecule has 0 bridgehead atoms. The van der Waals surface area contributed by atoms with Crippen molar-refractivity contribution in [1.82, 2.24) is 4.90 Å². The lowest BCUT2D eigenvalue weighted by molar-refractivity contribution is 0.0146. The van der Waals surface area contributed by atoms with Crippen LogP contribution in [0.1, 0.15) is 35.7 Å². The molecule has 0 spiro atoms. The van der Waals surface area contributed by atoms with Crippen molar-refractivity contribution in [2.45, 2.75) is 32.8 Å². The number of nitrogens with zero attached hydrogens (tertiary/aromatic N) is 1. The summed E-state index contributed by atoms with van der Waals surface area (Å²) >= 11 is 0. The molecule has 1 fully saturated rings. The number of piperidine rings is 1. The fraction of sp³-hybridized carbons (Fsp3) is 0.533. The first-order valence-electron chi connectivity index (χ1n) is 6.88. The summed E-state index contributed by atoms with van der Waals surface area (Å²) in [5.41, 5.74) is 8.11. The van der Waals surface area contributed by atoms with E-state index in [4.69, 9.17) is 10.5 Å². The molecule has 0 aliphatic carbocycles. The van der Waals surface area contributed by atoms with E-state index < -0.39 is 0 Å². The molecule has 1 amide bonds. The van der Waals surface area contributed by atoms with Gasteiger partial charge in [-0.2, -0.15) is 0 Å². The minimum atomic E-state index is 0.104. The highest BCUT2D eigenvalue weighted by molar-refractivity contribution is 5.96. The third kappa shape index (κ3) is 3.26. The number of anilines is 1. The van der Waals surface area contributed by atoms with Gasteiger partial charge >= 0.3 is 0 Å². The normalized spacial score (nSPS) is 16.6. The molecule has 1 heterocycles. The Morgan fingerprint density at radius 2 is 2.11 bits per heavy atom. The fourth-order valence-electron chi connectivity index (χ4n) is 2.56. The van der Waals surface area contributed by atoms with Crippen LogP contribution >= 0.6 is 0 Å². The van der Waals surface area contributed by atoms with Gasteiger partial charge in [0.2, 0.25) is 0 Å². The first-order valence-corrected chi connectivity index (χ1v) is 6.88. The van der Waals surface area contributed by atoms with Gasteiger partial charge in [-0.25, -0.2) is 0 Å². The van der Waals surface area contributed by atoms with Crippen LogP contribution in [0.5, 0.6) is 0 Å². The molecule has 1 aromatic carbocycles. The van der Waals surface area contributed by atoms with Crippen molar-refractivity contribution in [2.75, 3.05) is 25.4 Å². The van der Waals surface area contributed by atoms with Crippen LogP contribution in [0.4, 0.5) is 5.69 Å². The van der Waals surface area contributed by atoms with E-state index in [1.54, 1.807) is 6.07 Å². The number of nitrogen functional groups attached to an aromatic ring is 1. The number of carbonyl (C=O) groups is 1. The van der Waals surface area contributed by atoms with E-state index in [0.717, 1.165) is 43.7 Å². The van der Waals surface area contributed by atoms with Crippen LogP contribution in [0.2, 0.25) is 0 Å². The van der Waals surface area contributed by atoms with E-state index in [-0.39, 0.29) is 5.91 Å². The van der Waals surface area contributed by atoms with Gasteiger partial charge in [0.1, 0.15) is 0 Å². The van der Waals surface area contributed by atoms with Crippen LogP contribution in [0.15, 0.2) is 18.2 Å². The smallest absolute Gasteiger partial charge is 0.254 e. The number of amides is 1. The highest BCUT2D eigenvalue weighted by Gasteiger charge is 2.24. The number of aryl methyl sites for hydroxylation is 1. The van der Waals surface area contributed by atoms with Crippen molar-refractivity contribution in [2.24, 2.45) is 0 Å². The zero-order valence-corrected chi connectivity index (χ0v) is 11.7. The molecule has 0 atom stereocenters. The zero-order valence-electron chi connectivity index (χ0n) is 11.7. The third-order valence-electron chi connectivity index (χ3n) is 3.61. The quantitative estimate of drug-likeness (QED) is 0.850. The summed E-state index contributed by atoms with van der Waals surface area (Å²) in [6.07, 6.45) is 2.16. The first kappa shape index (κ1) is 13.9. The van der Waals surface area contributed by atoms with Gasteiger partial charge in [-0.3, -0.25) is 4.79 Å². The molecule has 2 N–H and O–H groups in total.